The highest BCUT2D eigenvalue weighted by Gasteiger charge is 2.45. The van der Waals surface area contributed by atoms with Gasteiger partial charge in [-0.15, -0.1) is 0 Å². The summed E-state index contributed by atoms with van der Waals surface area (Å²) < 4.78 is 25.8. The molecule has 35 heavy (non-hydrogen) atoms. The Bertz CT molecular complexity index is 1060. The highest BCUT2D eigenvalue weighted by molar-refractivity contribution is 5.23. The maximum atomic E-state index is 6.59. The Morgan fingerprint density at radius 3 is 1.71 bits per heavy atom. The molecule has 2 aliphatic rings. The van der Waals surface area contributed by atoms with Crippen LogP contribution >= 0.6 is 0 Å². The Balaban J connectivity index is 1.34. The van der Waals surface area contributed by atoms with E-state index in [4.69, 9.17) is 18.9 Å². The van der Waals surface area contributed by atoms with E-state index in [9.17, 15) is 0 Å². The van der Waals surface area contributed by atoms with E-state index in [2.05, 4.69) is 36.4 Å². The molecule has 1 aliphatic carbocycles. The molecule has 4 heteroatoms. The molecule has 0 amide bonds. The standard InChI is InChI=1S/C31H34O4/c1-4-12-24(13-5-1)20-32-23-28-30(33-21-25-14-6-2-7-15-25)31(29(35-28)27-18-10-11-19-27)34-22-26-16-8-3-9-17-26/h1-9,12-17,28,30-31H,10-11,18-23H2/t28?,30?,31-/m0/s1. The zero-order valence-corrected chi connectivity index (χ0v) is 20.2. The Kier molecular flexibility index (Phi) is 8.27. The molecule has 3 aromatic rings. The zero-order valence-electron chi connectivity index (χ0n) is 20.2. The van der Waals surface area contributed by atoms with Gasteiger partial charge in [-0.05, 0) is 47.9 Å². The fourth-order valence-electron chi connectivity index (χ4n) is 4.86. The molecule has 1 saturated carbocycles. The van der Waals surface area contributed by atoms with E-state index in [0.717, 1.165) is 35.3 Å². The molecular weight excluding hydrogens is 436 g/mol. The highest BCUT2D eigenvalue weighted by atomic mass is 16.6. The lowest BCUT2D eigenvalue weighted by molar-refractivity contribution is -0.0894. The first-order valence-corrected chi connectivity index (χ1v) is 12.7. The van der Waals surface area contributed by atoms with E-state index < -0.39 is 0 Å². The molecule has 1 saturated heterocycles. The van der Waals surface area contributed by atoms with E-state index in [0.29, 0.717) is 26.4 Å². The van der Waals surface area contributed by atoms with Crippen molar-refractivity contribution in [2.45, 2.75) is 63.8 Å². The van der Waals surface area contributed by atoms with Crippen LogP contribution in [-0.2, 0) is 38.8 Å². The number of rotatable bonds is 10. The lowest BCUT2D eigenvalue weighted by Gasteiger charge is -2.23. The minimum atomic E-state index is -0.239. The van der Waals surface area contributed by atoms with Crippen LogP contribution in [0, 0.1) is 0 Å². The van der Waals surface area contributed by atoms with Gasteiger partial charge in [-0.1, -0.05) is 91.0 Å². The Labute approximate surface area is 208 Å². The predicted molar refractivity (Wildman–Crippen MR) is 137 cm³/mol. The first-order chi connectivity index (χ1) is 17.4. The second-order valence-corrected chi connectivity index (χ2v) is 9.31. The van der Waals surface area contributed by atoms with E-state index in [1.54, 1.807) is 0 Å². The van der Waals surface area contributed by atoms with Crippen molar-refractivity contribution in [3.05, 3.63) is 119 Å². The van der Waals surface area contributed by atoms with Crippen molar-refractivity contribution in [2.75, 3.05) is 6.61 Å². The zero-order chi connectivity index (χ0) is 23.7. The van der Waals surface area contributed by atoms with Gasteiger partial charge in [-0.2, -0.15) is 0 Å². The minimum absolute atomic E-state index is 0.216. The molecule has 0 bridgehead atoms. The monoisotopic (exact) mass is 470 g/mol. The van der Waals surface area contributed by atoms with Crippen molar-refractivity contribution in [3.8, 4) is 0 Å². The van der Waals surface area contributed by atoms with Gasteiger partial charge < -0.3 is 18.9 Å². The molecule has 0 spiro atoms. The van der Waals surface area contributed by atoms with Gasteiger partial charge in [0.15, 0.2) is 6.10 Å². The Hall–Kier alpha value is -2.92. The van der Waals surface area contributed by atoms with Gasteiger partial charge in [0.1, 0.15) is 18.0 Å². The number of hydrogen-bond acceptors (Lipinski definition) is 4. The largest absolute Gasteiger partial charge is 0.487 e. The van der Waals surface area contributed by atoms with Crippen LogP contribution in [0.25, 0.3) is 0 Å². The average molecular weight is 471 g/mol. The molecule has 3 atom stereocenters. The van der Waals surface area contributed by atoms with Gasteiger partial charge in [-0.3, -0.25) is 0 Å². The van der Waals surface area contributed by atoms with Gasteiger partial charge >= 0.3 is 0 Å². The van der Waals surface area contributed by atoms with Crippen LogP contribution in [0.4, 0.5) is 0 Å². The van der Waals surface area contributed by atoms with Crippen molar-refractivity contribution in [1.82, 2.24) is 0 Å². The SMILES string of the molecule is c1ccc(COCC2OC(=C3CCCC3)[C@H](OCc3ccccc3)C2OCc2ccccc2)cc1. The van der Waals surface area contributed by atoms with Crippen LogP contribution in [0.3, 0.4) is 0 Å². The fourth-order valence-corrected chi connectivity index (χ4v) is 4.86. The topological polar surface area (TPSA) is 36.9 Å². The highest BCUT2D eigenvalue weighted by Crippen LogP contribution is 2.38. The summed E-state index contributed by atoms with van der Waals surface area (Å²) in [6.07, 6.45) is 3.87. The summed E-state index contributed by atoms with van der Waals surface area (Å²) in [5.41, 5.74) is 4.81. The maximum Gasteiger partial charge on any atom is 0.151 e. The van der Waals surface area contributed by atoms with E-state index in [1.165, 1.54) is 18.4 Å². The van der Waals surface area contributed by atoms with Crippen molar-refractivity contribution in [1.29, 1.82) is 0 Å². The number of hydrogen-bond donors (Lipinski definition) is 0. The summed E-state index contributed by atoms with van der Waals surface area (Å²) in [6.45, 7) is 2.04. The molecule has 3 aromatic carbocycles. The molecule has 2 unspecified atom stereocenters. The normalized spacial score (nSPS) is 21.9. The molecule has 0 aromatic heterocycles. The Morgan fingerprint density at radius 1 is 0.629 bits per heavy atom. The smallest absolute Gasteiger partial charge is 0.151 e. The van der Waals surface area contributed by atoms with Crippen molar-refractivity contribution in [3.63, 3.8) is 0 Å². The Morgan fingerprint density at radius 2 is 1.14 bits per heavy atom. The van der Waals surface area contributed by atoms with Crippen molar-refractivity contribution in [2.24, 2.45) is 0 Å². The maximum absolute atomic E-state index is 6.59. The third-order valence-electron chi connectivity index (χ3n) is 6.71. The van der Waals surface area contributed by atoms with E-state index in [1.807, 2.05) is 54.6 Å². The number of benzene rings is 3. The summed E-state index contributed by atoms with van der Waals surface area (Å²) in [4.78, 5) is 0. The summed E-state index contributed by atoms with van der Waals surface area (Å²) in [6, 6.07) is 30.8. The number of ether oxygens (including phenoxy) is 4. The molecule has 1 aliphatic heterocycles. The molecule has 2 fully saturated rings. The van der Waals surface area contributed by atoms with Crippen LogP contribution in [0.1, 0.15) is 42.4 Å². The summed E-state index contributed by atoms with van der Waals surface area (Å²) >= 11 is 0. The molecular formula is C31H34O4. The third-order valence-corrected chi connectivity index (χ3v) is 6.71. The second kappa shape index (κ2) is 12.2. The van der Waals surface area contributed by atoms with E-state index >= 15 is 0 Å². The molecule has 0 radical (unpaired) electrons. The van der Waals surface area contributed by atoms with Gasteiger partial charge in [0.2, 0.25) is 0 Å². The summed E-state index contributed by atoms with van der Waals surface area (Å²) in [5.74, 6) is 0.977. The molecule has 0 N–H and O–H groups in total. The average Bonchev–Trinajstić information content (AvgIpc) is 3.56. The van der Waals surface area contributed by atoms with Crippen LogP contribution in [-0.4, -0.2) is 24.9 Å². The minimum Gasteiger partial charge on any atom is -0.487 e. The number of allylic oxidation sites excluding steroid dienone is 1. The summed E-state index contributed by atoms with van der Waals surface area (Å²) in [5, 5.41) is 0. The fraction of sp³-hybridized carbons (Fsp3) is 0.355. The van der Waals surface area contributed by atoms with Gasteiger partial charge in [0.05, 0.1) is 26.4 Å². The molecule has 4 nitrogen and oxygen atoms in total. The quantitative estimate of drug-likeness (QED) is 0.334. The van der Waals surface area contributed by atoms with Crippen LogP contribution in [0.2, 0.25) is 0 Å². The molecule has 182 valence electrons. The first-order valence-electron chi connectivity index (χ1n) is 12.7. The second-order valence-electron chi connectivity index (χ2n) is 9.31. The third kappa shape index (κ3) is 6.40. The lowest BCUT2D eigenvalue weighted by atomic mass is 10.1. The van der Waals surface area contributed by atoms with Crippen molar-refractivity contribution < 1.29 is 18.9 Å². The van der Waals surface area contributed by atoms with E-state index in [-0.39, 0.29) is 18.3 Å². The molecule has 5 rings (SSSR count). The lowest BCUT2D eigenvalue weighted by Crippen LogP contribution is -2.37. The predicted octanol–water partition coefficient (Wildman–Crippen LogP) is 6.60. The van der Waals surface area contributed by atoms with Crippen LogP contribution < -0.4 is 0 Å². The van der Waals surface area contributed by atoms with Crippen LogP contribution in [0.5, 0.6) is 0 Å². The van der Waals surface area contributed by atoms with Gasteiger partial charge in [-0.25, -0.2) is 0 Å². The van der Waals surface area contributed by atoms with Gasteiger partial charge in [0, 0.05) is 0 Å². The van der Waals surface area contributed by atoms with Crippen molar-refractivity contribution >= 4 is 0 Å². The molecule has 1 heterocycles. The first kappa shape index (κ1) is 23.8. The van der Waals surface area contributed by atoms with Crippen LogP contribution in [0.15, 0.2) is 102 Å². The summed E-state index contributed by atoms with van der Waals surface area (Å²) in [7, 11) is 0. The van der Waals surface area contributed by atoms with Gasteiger partial charge in [0.25, 0.3) is 0 Å².